The van der Waals surface area contributed by atoms with Gasteiger partial charge in [-0.15, -0.1) is 10.2 Å². The van der Waals surface area contributed by atoms with Crippen molar-refractivity contribution >= 4 is 23.4 Å². The van der Waals surface area contributed by atoms with Gasteiger partial charge in [-0.1, -0.05) is 32.0 Å². The molecule has 1 aromatic carbocycles. The Hall–Kier alpha value is -2.63. The number of anilines is 3. The van der Waals surface area contributed by atoms with Crippen molar-refractivity contribution in [3.05, 3.63) is 42.0 Å². The Balaban J connectivity index is 2.04. The summed E-state index contributed by atoms with van der Waals surface area (Å²) < 4.78 is 5.18. The minimum Gasteiger partial charge on any atom is -0.444 e. The Morgan fingerprint density at radius 1 is 1.04 bits per heavy atom. The van der Waals surface area contributed by atoms with Crippen LogP contribution in [0.15, 0.2) is 36.4 Å². The number of carbonyl (C=O) groups is 1. The Morgan fingerprint density at radius 2 is 1.67 bits per heavy atom. The maximum absolute atomic E-state index is 11.7. The van der Waals surface area contributed by atoms with E-state index >= 15 is 0 Å². The highest BCUT2D eigenvalue weighted by atomic mass is 16.6. The summed E-state index contributed by atoms with van der Waals surface area (Å²) in [6.45, 7) is 9.69. The number of hydrogen-bond acceptors (Lipinski definition) is 5. The second-order valence-corrected chi connectivity index (χ2v) is 6.80. The maximum atomic E-state index is 11.7. The highest BCUT2D eigenvalue weighted by Crippen LogP contribution is 2.26. The minimum atomic E-state index is -0.556. The fourth-order valence-corrected chi connectivity index (χ4v) is 2.13. The zero-order valence-electron chi connectivity index (χ0n) is 14.8. The summed E-state index contributed by atoms with van der Waals surface area (Å²) in [7, 11) is 0. The first-order valence-electron chi connectivity index (χ1n) is 7.94. The second kappa shape index (κ2) is 7.29. The van der Waals surface area contributed by atoms with Crippen LogP contribution in [0.5, 0.6) is 0 Å². The topological polar surface area (TPSA) is 76.1 Å². The lowest BCUT2D eigenvalue weighted by Gasteiger charge is -2.19. The third-order valence-electron chi connectivity index (χ3n) is 3.14. The summed E-state index contributed by atoms with van der Waals surface area (Å²) in [5.41, 5.74) is 1.64. The molecular formula is C18H24N4O2. The van der Waals surface area contributed by atoms with E-state index in [0.717, 1.165) is 5.69 Å². The van der Waals surface area contributed by atoms with Crippen molar-refractivity contribution in [1.29, 1.82) is 0 Å². The summed E-state index contributed by atoms with van der Waals surface area (Å²) >= 11 is 0. The molecule has 0 aliphatic rings. The van der Waals surface area contributed by atoms with Crippen LogP contribution in [0, 0.1) is 0 Å². The fraction of sp³-hybridized carbons (Fsp3) is 0.389. The lowest BCUT2D eigenvalue weighted by Crippen LogP contribution is -2.27. The van der Waals surface area contributed by atoms with Gasteiger partial charge in [0.25, 0.3) is 0 Å². The lowest BCUT2D eigenvalue weighted by atomic mass is 10.0. The normalized spacial score (nSPS) is 11.2. The summed E-state index contributed by atoms with van der Waals surface area (Å²) in [6, 6.07) is 11.5. The molecular weight excluding hydrogens is 304 g/mol. The highest BCUT2D eigenvalue weighted by molar-refractivity contribution is 5.83. The van der Waals surface area contributed by atoms with Crippen LogP contribution in [-0.4, -0.2) is 21.9 Å². The van der Waals surface area contributed by atoms with Crippen LogP contribution in [0.1, 0.15) is 46.1 Å². The van der Waals surface area contributed by atoms with Crippen molar-refractivity contribution < 1.29 is 9.53 Å². The zero-order chi connectivity index (χ0) is 17.7. The molecule has 24 heavy (non-hydrogen) atoms. The molecule has 1 heterocycles. The van der Waals surface area contributed by atoms with Crippen LogP contribution in [0.4, 0.5) is 22.1 Å². The van der Waals surface area contributed by atoms with E-state index in [1.165, 1.54) is 5.56 Å². The van der Waals surface area contributed by atoms with Crippen LogP contribution < -0.4 is 10.6 Å². The molecule has 0 unspecified atom stereocenters. The molecule has 6 heteroatoms. The quantitative estimate of drug-likeness (QED) is 0.851. The van der Waals surface area contributed by atoms with Gasteiger partial charge in [0.15, 0.2) is 11.6 Å². The lowest BCUT2D eigenvalue weighted by molar-refractivity contribution is 0.0635. The van der Waals surface area contributed by atoms with Gasteiger partial charge in [0.05, 0.1) is 0 Å². The summed E-state index contributed by atoms with van der Waals surface area (Å²) in [6.07, 6.45) is -0.553. The molecule has 1 aromatic heterocycles. The average molecular weight is 328 g/mol. The molecule has 0 fully saturated rings. The predicted molar refractivity (Wildman–Crippen MR) is 95.7 cm³/mol. The largest absolute Gasteiger partial charge is 0.444 e. The number of rotatable bonds is 4. The van der Waals surface area contributed by atoms with E-state index in [4.69, 9.17) is 4.74 Å². The maximum Gasteiger partial charge on any atom is 0.413 e. The third kappa shape index (κ3) is 5.22. The molecule has 0 aliphatic heterocycles. The molecule has 2 rings (SSSR count). The molecule has 0 bridgehead atoms. The second-order valence-electron chi connectivity index (χ2n) is 6.80. The first-order chi connectivity index (χ1) is 11.2. The van der Waals surface area contributed by atoms with E-state index in [-0.39, 0.29) is 0 Å². The van der Waals surface area contributed by atoms with Crippen LogP contribution in [0.25, 0.3) is 0 Å². The minimum absolute atomic E-state index is 0.340. The third-order valence-corrected chi connectivity index (χ3v) is 3.14. The van der Waals surface area contributed by atoms with Gasteiger partial charge in [-0.05, 0) is 50.5 Å². The number of hydrogen-bond donors (Lipinski definition) is 2. The molecule has 2 N–H and O–H groups in total. The van der Waals surface area contributed by atoms with Gasteiger partial charge in [-0.3, -0.25) is 5.32 Å². The molecule has 0 aliphatic carbocycles. The van der Waals surface area contributed by atoms with E-state index in [9.17, 15) is 4.79 Å². The van der Waals surface area contributed by atoms with Gasteiger partial charge in [0.1, 0.15) is 5.60 Å². The standard InChI is InChI=1S/C18H24N4O2/c1-12(2)13-8-6-7-9-14(13)19-15-10-11-16(22-21-15)20-17(23)24-18(3,4)5/h6-12H,1-5H3,(H,19,21)(H,20,22,23). The van der Waals surface area contributed by atoms with Gasteiger partial charge >= 0.3 is 6.09 Å². The number of nitrogens with one attached hydrogen (secondary N) is 2. The van der Waals surface area contributed by atoms with Crippen molar-refractivity contribution in [1.82, 2.24) is 10.2 Å². The summed E-state index contributed by atoms with van der Waals surface area (Å²) in [4.78, 5) is 11.7. The SMILES string of the molecule is CC(C)c1ccccc1Nc1ccc(NC(=O)OC(C)(C)C)nn1. The number of amides is 1. The fourth-order valence-electron chi connectivity index (χ4n) is 2.13. The molecule has 1 amide bonds. The monoisotopic (exact) mass is 328 g/mol. The number of para-hydroxylation sites is 1. The molecule has 128 valence electrons. The van der Waals surface area contributed by atoms with Gasteiger partial charge in [-0.25, -0.2) is 4.79 Å². The van der Waals surface area contributed by atoms with E-state index < -0.39 is 11.7 Å². The smallest absolute Gasteiger partial charge is 0.413 e. The van der Waals surface area contributed by atoms with E-state index in [1.807, 2.05) is 18.2 Å². The summed E-state index contributed by atoms with van der Waals surface area (Å²) in [5.74, 6) is 1.35. The number of ether oxygens (including phenoxy) is 1. The number of aromatic nitrogens is 2. The molecule has 6 nitrogen and oxygen atoms in total. The van der Waals surface area contributed by atoms with Gasteiger partial charge in [0.2, 0.25) is 0 Å². The van der Waals surface area contributed by atoms with Crippen molar-refractivity contribution in [2.45, 2.75) is 46.1 Å². The van der Waals surface area contributed by atoms with E-state index in [1.54, 1.807) is 32.9 Å². The van der Waals surface area contributed by atoms with Crippen LogP contribution in [0.2, 0.25) is 0 Å². The van der Waals surface area contributed by atoms with Crippen molar-refractivity contribution in [3.63, 3.8) is 0 Å². The zero-order valence-corrected chi connectivity index (χ0v) is 14.8. The number of benzene rings is 1. The Bertz CT molecular complexity index is 691. The van der Waals surface area contributed by atoms with Gasteiger partial charge in [-0.2, -0.15) is 0 Å². The Kier molecular flexibility index (Phi) is 5.39. The first-order valence-corrected chi connectivity index (χ1v) is 7.94. The van der Waals surface area contributed by atoms with E-state index in [2.05, 4.69) is 40.7 Å². The summed E-state index contributed by atoms with van der Waals surface area (Å²) in [5, 5.41) is 13.9. The number of carbonyl (C=O) groups excluding carboxylic acids is 1. The number of nitrogens with zero attached hydrogens (tertiary/aromatic N) is 2. The van der Waals surface area contributed by atoms with Crippen molar-refractivity contribution in [3.8, 4) is 0 Å². The van der Waals surface area contributed by atoms with Crippen molar-refractivity contribution in [2.75, 3.05) is 10.6 Å². The molecule has 0 saturated carbocycles. The van der Waals surface area contributed by atoms with Crippen LogP contribution in [-0.2, 0) is 4.74 Å². The molecule has 0 saturated heterocycles. The van der Waals surface area contributed by atoms with E-state index in [0.29, 0.717) is 17.6 Å². The predicted octanol–water partition coefficient (Wildman–Crippen LogP) is 4.69. The van der Waals surface area contributed by atoms with Crippen molar-refractivity contribution in [2.24, 2.45) is 0 Å². The molecule has 0 radical (unpaired) electrons. The Morgan fingerprint density at radius 3 is 2.25 bits per heavy atom. The van der Waals surface area contributed by atoms with Crippen LogP contribution >= 0.6 is 0 Å². The average Bonchev–Trinajstić information content (AvgIpc) is 2.47. The molecule has 0 atom stereocenters. The molecule has 2 aromatic rings. The Labute approximate surface area is 142 Å². The van der Waals surface area contributed by atoms with Gasteiger partial charge in [0, 0.05) is 5.69 Å². The first kappa shape index (κ1) is 17.7. The molecule has 0 spiro atoms. The highest BCUT2D eigenvalue weighted by Gasteiger charge is 2.16. The van der Waals surface area contributed by atoms with Crippen LogP contribution in [0.3, 0.4) is 0 Å². The van der Waals surface area contributed by atoms with Gasteiger partial charge < -0.3 is 10.1 Å².